The van der Waals surface area contributed by atoms with Gasteiger partial charge in [0.05, 0.1) is 6.10 Å². The van der Waals surface area contributed by atoms with E-state index in [1.165, 1.54) is 6.07 Å². The molecule has 2 atom stereocenters. The van der Waals surface area contributed by atoms with Gasteiger partial charge in [-0.1, -0.05) is 12.1 Å². The highest BCUT2D eigenvalue weighted by molar-refractivity contribution is 5.29. The van der Waals surface area contributed by atoms with Crippen LogP contribution in [0.2, 0.25) is 0 Å². The molecule has 0 aliphatic heterocycles. The average molecular weight is 167 g/mol. The van der Waals surface area contributed by atoms with E-state index in [-0.39, 0.29) is 11.8 Å². The smallest absolute Gasteiger partial charge is 0.115 e. The molecule has 66 valence electrons. The maximum absolute atomic E-state index is 9.49. The van der Waals surface area contributed by atoms with E-state index in [4.69, 9.17) is 10.8 Å². The number of nitrogens with two attached hydrogens (primary N) is 1. The Hall–Kier alpha value is -1.06. The normalized spacial score (nSPS) is 15.6. The second kappa shape index (κ2) is 3.56. The SMILES string of the molecule is CC(N)[C@H](O)c1cccc(O)c1. The largest absolute Gasteiger partial charge is 0.508 e. The summed E-state index contributed by atoms with van der Waals surface area (Å²) in [6, 6.07) is 6.14. The van der Waals surface area contributed by atoms with E-state index < -0.39 is 6.10 Å². The third-order valence-electron chi connectivity index (χ3n) is 1.71. The Balaban J connectivity index is 2.88. The molecule has 0 saturated heterocycles. The van der Waals surface area contributed by atoms with Crippen LogP contribution in [0.15, 0.2) is 24.3 Å². The van der Waals surface area contributed by atoms with E-state index in [0.717, 1.165) is 0 Å². The zero-order valence-corrected chi connectivity index (χ0v) is 6.94. The highest BCUT2D eigenvalue weighted by Gasteiger charge is 2.11. The lowest BCUT2D eigenvalue weighted by Crippen LogP contribution is -2.24. The first kappa shape index (κ1) is 9.03. The van der Waals surface area contributed by atoms with Crippen molar-refractivity contribution in [3.8, 4) is 5.75 Å². The molecular weight excluding hydrogens is 154 g/mol. The van der Waals surface area contributed by atoms with Crippen molar-refractivity contribution in [2.75, 3.05) is 0 Å². The number of phenolic OH excluding ortho intramolecular Hbond substituents is 1. The molecule has 1 rings (SSSR count). The number of hydrogen-bond acceptors (Lipinski definition) is 3. The highest BCUT2D eigenvalue weighted by atomic mass is 16.3. The van der Waals surface area contributed by atoms with E-state index in [2.05, 4.69) is 0 Å². The molecule has 1 aromatic carbocycles. The number of phenols is 1. The molecule has 1 unspecified atom stereocenters. The minimum atomic E-state index is -0.711. The predicted octanol–water partition coefficient (Wildman–Crippen LogP) is 0.773. The quantitative estimate of drug-likeness (QED) is 0.609. The Labute approximate surface area is 71.5 Å². The standard InChI is InChI=1S/C9H13NO2/c1-6(10)9(12)7-3-2-4-8(11)5-7/h2-6,9,11-12H,10H2,1H3/t6?,9-/m0/s1. The minimum absolute atomic E-state index is 0.146. The maximum atomic E-state index is 9.49. The summed E-state index contributed by atoms with van der Waals surface area (Å²) in [5, 5.41) is 18.6. The van der Waals surface area contributed by atoms with Crippen molar-refractivity contribution >= 4 is 0 Å². The summed E-state index contributed by atoms with van der Waals surface area (Å²) < 4.78 is 0. The minimum Gasteiger partial charge on any atom is -0.508 e. The van der Waals surface area contributed by atoms with E-state index >= 15 is 0 Å². The summed E-state index contributed by atoms with van der Waals surface area (Å²) in [5.41, 5.74) is 6.13. The third kappa shape index (κ3) is 1.96. The van der Waals surface area contributed by atoms with Crippen LogP contribution in [0.3, 0.4) is 0 Å². The van der Waals surface area contributed by atoms with E-state index in [9.17, 15) is 5.11 Å². The first-order chi connectivity index (χ1) is 5.61. The Morgan fingerprint density at radius 3 is 2.58 bits per heavy atom. The second-order valence-corrected chi connectivity index (χ2v) is 2.90. The molecule has 1 aromatic rings. The predicted molar refractivity (Wildman–Crippen MR) is 46.7 cm³/mol. The van der Waals surface area contributed by atoms with Crippen molar-refractivity contribution in [1.82, 2.24) is 0 Å². The fraction of sp³-hybridized carbons (Fsp3) is 0.333. The molecule has 0 aromatic heterocycles. The highest BCUT2D eigenvalue weighted by Crippen LogP contribution is 2.19. The van der Waals surface area contributed by atoms with E-state index in [0.29, 0.717) is 5.56 Å². The molecule has 0 spiro atoms. The van der Waals surface area contributed by atoms with Crippen LogP contribution in [0.1, 0.15) is 18.6 Å². The zero-order chi connectivity index (χ0) is 9.14. The second-order valence-electron chi connectivity index (χ2n) is 2.90. The topological polar surface area (TPSA) is 66.5 Å². The first-order valence-corrected chi connectivity index (χ1v) is 3.84. The molecule has 0 aliphatic rings. The number of aliphatic hydroxyl groups is 1. The first-order valence-electron chi connectivity index (χ1n) is 3.84. The lowest BCUT2D eigenvalue weighted by Gasteiger charge is -2.14. The summed E-state index contributed by atoms with van der Waals surface area (Å²) in [7, 11) is 0. The molecule has 3 nitrogen and oxygen atoms in total. The zero-order valence-electron chi connectivity index (χ0n) is 6.94. The van der Waals surface area contributed by atoms with Crippen molar-refractivity contribution in [2.45, 2.75) is 19.1 Å². The van der Waals surface area contributed by atoms with Crippen molar-refractivity contribution in [2.24, 2.45) is 5.73 Å². The number of hydrogen-bond donors (Lipinski definition) is 3. The van der Waals surface area contributed by atoms with Gasteiger partial charge in [0.1, 0.15) is 5.75 Å². The van der Waals surface area contributed by atoms with Gasteiger partial charge in [0.2, 0.25) is 0 Å². The molecule has 0 saturated carbocycles. The van der Waals surface area contributed by atoms with Gasteiger partial charge in [-0.3, -0.25) is 0 Å². The number of rotatable bonds is 2. The van der Waals surface area contributed by atoms with Gasteiger partial charge in [0, 0.05) is 6.04 Å². The summed E-state index contributed by atoms with van der Waals surface area (Å²) in [4.78, 5) is 0. The summed E-state index contributed by atoms with van der Waals surface area (Å²) in [6.45, 7) is 1.72. The van der Waals surface area contributed by atoms with Crippen LogP contribution in [0, 0.1) is 0 Å². The van der Waals surface area contributed by atoms with Gasteiger partial charge in [-0.15, -0.1) is 0 Å². The van der Waals surface area contributed by atoms with E-state index in [1.807, 2.05) is 0 Å². The Kier molecular flexibility index (Phi) is 2.68. The summed E-state index contributed by atoms with van der Waals surface area (Å²) >= 11 is 0. The van der Waals surface area contributed by atoms with Gasteiger partial charge >= 0.3 is 0 Å². The van der Waals surface area contributed by atoms with Crippen molar-refractivity contribution < 1.29 is 10.2 Å². The van der Waals surface area contributed by atoms with Crippen molar-refractivity contribution in [1.29, 1.82) is 0 Å². The van der Waals surface area contributed by atoms with E-state index in [1.54, 1.807) is 25.1 Å². The van der Waals surface area contributed by atoms with Crippen LogP contribution in [0.5, 0.6) is 5.75 Å². The van der Waals surface area contributed by atoms with Crippen LogP contribution in [0.4, 0.5) is 0 Å². The molecule has 0 heterocycles. The number of aromatic hydroxyl groups is 1. The van der Waals surface area contributed by atoms with Gasteiger partial charge in [0.15, 0.2) is 0 Å². The number of benzene rings is 1. The lowest BCUT2D eigenvalue weighted by atomic mass is 10.0. The van der Waals surface area contributed by atoms with Gasteiger partial charge in [-0.05, 0) is 24.6 Å². The fourth-order valence-corrected chi connectivity index (χ4v) is 1.01. The molecule has 0 bridgehead atoms. The number of aliphatic hydroxyl groups excluding tert-OH is 1. The Morgan fingerprint density at radius 2 is 2.08 bits per heavy atom. The van der Waals surface area contributed by atoms with Gasteiger partial charge in [-0.2, -0.15) is 0 Å². The molecule has 0 amide bonds. The fourth-order valence-electron chi connectivity index (χ4n) is 1.01. The van der Waals surface area contributed by atoms with Crippen LogP contribution < -0.4 is 5.73 Å². The van der Waals surface area contributed by atoms with Crippen LogP contribution in [-0.4, -0.2) is 16.3 Å². The Bertz CT molecular complexity index is 260. The lowest BCUT2D eigenvalue weighted by molar-refractivity contribution is 0.153. The summed E-state index contributed by atoms with van der Waals surface area (Å²) in [6.07, 6.45) is -0.711. The van der Waals surface area contributed by atoms with Gasteiger partial charge in [-0.25, -0.2) is 0 Å². The monoisotopic (exact) mass is 167 g/mol. The summed E-state index contributed by atoms with van der Waals surface area (Å²) in [5.74, 6) is 0.146. The van der Waals surface area contributed by atoms with Crippen LogP contribution >= 0.6 is 0 Å². The maximum Gasteiger partial charge on any atom is 0.115 e. The molecule has 3 heteroatoms. The Morgan fingerprint density at radius 1 is 1.42 bits per heavy atom. The molecule has 4 N–H and O–H groups in total. The van der Waals surface area contributed by atoms with Crippen molar-refractivity contribution in [3.63, 3.8) is 0 Å². The molecule has 0 fully saturated rings. The van der Waals surface area contributed by atoms with Crippen LogP contribution in [0.25, 0.3) is 0 Å². The molecule has 0 aliphatic carbocycles. The van der Waals surface area contributed by atoms with Crippen molar-refractivity contribution in [3.05, 3.63) is 29.8 Å². The molecule has 12 heavy (non-hydrogen) atoms. The van der Waals surface area contributed by atoms with Gasteiger partial charge < -0.3 is 15.9 Å². The average Bonchev–Trinajstić information content (AvgIpc) is 2.03. The molecule has 0 radical (unpaired) electrons. The van der Waals surface area contributed by atoms with Gasteiger partial charge in [0.25, 0.3) is 0 Å². The third-order valence-corrected chi connectivity index (χ3v) is 1.71. The molecular formula is C9H13NO2. The van der Waals surface area contributed by atoms with Crippen LogP contribution in [-0.2, 0) is 0 Å².